The topological polar surface area (TPSA) is 38.0 Å². The summed E-state index contributed by atoms with van der Waals surface area (Å²) in [5.74, 6) is 0.574. The van der Waals surface area contributed by atoms with Gasteiger partial charge in [0.1, 0.15) is 0 Å². The van der Waals surface area contributed by atoms with Crippen LogP contribution in [0, 0.1) is 0 Å². The maximum absolute atomic E-state index is 5.81. The number of nitrogen functional groups attached to an aromatic ring is 1. The summed E-state index contributed by atoms with van der Waals surface area (Å²) in [4.78, 5) is 2.36. The van der Waals surface area contributed by atoms with E-state index in [1.165, 1.54) is 4.90 Å². The van der Waals surface area contributed by atoms with Gasteiger partial charge < -0.3 is 11.1 Å². The minimum Gasteiger partial charge on any atom is -0.399 e. The van der Waals surface area contributed by atoms with Gasteiger partial charge in [0.05, 0.1) is 5.69 Å². The number of benzene rings is 2. The van der Waals surface area contributed by atoms with E-state index in [9.17, 15) is 0 Å². The van der Waals surface area contributed by atoms with Crippen molar-refractivity contribution in [2.45, 2.75) is 9.79 Å². The van der Waals surface area contributed by atoms with Gasteiger partial charge in [-0.3, -0.25) is 0 Å². The van der Waals surface area contributed by atoms with Crippen LogP contribution in [0.25, 0.3) is 0 Å². The van der Waals surface area contributed by atoms with Crippen molar-refractivity contribution in [2.75, 3.05) is 23.5 Å². The van der Waals surface area contributed by atoms with Gasteiger partial charge in [0.15, 0.2) is 0 Å². The Bertz CT molecular complexity index is 502. The average Bonchev–Trinajstić information content (AvgIpc) is 2.40. The molecule has 2 rings (SSSR count). The first-order valence-electron chi connectivity index (χ1n) is 5.72. The summed E-state index contributed by atoms with van der Waals surface area (Å²) < 4.78 is 0. The Hall–Kier alpha value is -1.32. The molecule has 0 spiro atoms. The maximum atomic E-state index is 5.81. The third-order valence-corrected chi connectivity index (χ3v) is 3.66. The Balaban J connectivity index is 2.21. The molecule has 0 fully saturated rings. The summed E-state index contributed by atoms with van der Waals surface area (Å²) in [5.41, 5.74) is 7.60. The van der Waals surface area contributed by atoms with Crippen molar-refractivity contribution < 1.29 is 0 Å². The van der Waals surface area contributed by atoms with Crippen LogP contribution in [0.1, 0.15) is 0 Å². The van der Waals surface area contributed by atoms with E-state index < -0.39 is 0 Å². The normalized spacial score (nSPS) is 10.3. The van der Waals surface area contributed by atoms with Crippen LogP contribution < -0.4 is 11.1 Å². The number of anilines is 2. The molecule has 0 amide bonds. The summed E-state index contributed by atoms with van der Waals surface area (Å²) in [6.07, 6.45) is 0. The van der Waals surface area contributed by atoms with Gasteiger partial charge in [0.25, 0.3) is 0 Å². The van der Waals surface area contributed by atoms with E-state index in [0.717, 1.165) is 22.8 Å². The van der Waals surface area contributed by atoms with Gasteiger partial charge in [-0.25, -0.2) is 0 Å². The third-order valence-electron chi connectivity index (χ3n) is 2.38. The van der Waals surface area contributed by atoms with Crippen molar-refractivity contribution in [1.29, 1.82) is 0 Å². The Morgan fingerprint density at radius 3 is 2.61 bits per heavy atom. The van der Waals surface area contributed by atoms with Crippen molar-refractivity contribution >= 4 is 34.7 Å². The summed E-state index contributed by atoms with van der Waals surface area (Å²) in [7, 11) is 0. The number of hydrogen-bond acceptors (Lipinski definition) is 3. The van der Waals surface area contributed by atoms with Crippen molar-refractivity contribution in [2.24, 2.45) is 0 Å². The second-order valence-corrected chi connectivity index (χ2v) is 5.28. The Kier molecular flexibility index (Phi) is 4.79. The lowest BCUT2D eigenvalue weighted by atomic mass is 10.3. The molecule has 0 bridgehead atoms. The summed E-state index contributed by atoms with van der Waals surface area (Å²) in [6, 6.07) is 16.1. The second-order valence-electron chi connectivity index (χ2n) is 3.79. The molecule has 2 nitrogen and oxygen atoms in total. The predicted molar refractivity (Wildman–Crippen MR) is 80.6 cm³/mol. The molecular weight excluding hydrogens is 264 g/mol. The van der Waals surface area contributed by atoms with Crippen molar-refractivity contribution in [3.8, 4) is 0 Å². The zero-order valence-electron chi connectivity index (χ0n) is 9.90. The molecule has 0 aliphatic carbocycles. The van der Waals surface area contributed by atoms with Gasteiger partial charge in [-0.15, -0.1) is 11.6 Å². The first-order chi connectivity index (χ1) is 8.79. The number of nitrogens with one attached hydrogen (secondary N) is 1. The van der Waals surface area contributed by atoms with E-state index in [0.29, 0.717) is 5.88 Å². The standard InChI is InChI=1S/C14H15ClN2S/c15-8-9-17-13-10-11(16)6-7-14(13)18-12-4-2-1-3-5-12/h1-7,10,17H,8-9,16H2. The molecule has 0 aliphatic rings. The molecule has 18 heavy (non-hydrogen) atoms. The highest BCUT2D eigenvalue weighted by molar-refractivity contribution is 7.99. The second kappa shape index (κ2) is 6.57. The summed E-state index contributed by atoms with van der Waals surface area (Å²) >= 11 is 7.42. The van der Waals surface area contributed by atoms with Crippen LogP contribution >= 0.6 is 23.4 Å². The maximum Gasteiger partial charge on any atom is 0.0503 e. The van der Waals surface area contributed by atoms with Crippen LogP contribution in [-0.2, 0) is 0 Å². The molecule has 0 atom stereocenters. The minimum absolute atomic E-state index is 0.574. The van der Waals surface area contributed by atoms with Crippen LogP contribution in [0.4, 0.5) is 11.4 Å². The Morgan fingerprint density at radius 1 is 1.11 bits per heavy atom. The van der Waals surface area contributed by atoms with E-state index in [2.05, 4.69) is 17.4 Å². The first kappa shape index (κ1) is 13.1. The molecule has 0 saturated carbocycles. The molecule has 2 aromatic carbocycles. The summed E-state index contributed by atoms with van der Waals surface area (Å²) in [6.45, 7) is 0.730. The van der Waals surface area contributed by atoms with E-state index >= 15 is 0 Å². The zero-order valence-corrected chi connectivity index (χ0v) is 11.5. The molecular formula is C14H15ClN2S. The van der Waals surface area contributed by atoms with Crippen molar-refractivity contribution in [3.63, 3.8) is 0 Å². The molecule has 2 aromatic rings. The van der Waals surface area contributed by atoms with Gasteiger partial charge in [-0.2, -0.15) is 0 Å². The highest BCUT2D eigenvalue weighted by Crippen LogP contribution is 2.34. The van der Waals surface area contributed by atoms with Gasteiger partial charge in [0, 0.05) is 27.9 Å². The zero-order chi connectivity index (χ0) is 12.8. The molecule has 0 saturated heterocycles. The first-order valence-corrected chi connectivity index (χ1v) is 7.07. The lowest BCUT2D eigenvalue weighted by Gasteiger charge is -2.11. The highest BCUT2D eigenvalue weighted by atomic mass is 35.5. The van der Waals surface area contributed by atoms with Gasteiger partial charge >= 0.3 is 0 Å². The number of alkyl halides is 1. The fourth-order valence-electron chi connectivity index (χ4n) is 1.57. The fraction of sp³-hybridized carbons (Fsp3) is 0.143. The number of nitrogens with two attached hydrogens (primary N) is 1. The SMILES string of the molecule is Nc1ccc(Sc2ccccc2)c(NCCCl)c1. The lowest BCUT2D eigenvalue weighted by Crippen LogP contribution is -2.04. The molecule has 3 N–H and O–H groups in total. The molecule has 0 aromatic heterocycles. The van der Waals surface area contributed by atoms with Gasteiger partial charge in [-0.05, 0) is 30.3 Å². The number of rotatable bonds is 5. The van der Waals surface area contributed by atoms with Crippen molar-refractivity contribution in [3.05, 3.63) is 48.5 Å². The predicted octanol–water partition coefficient (Wildman–Crippen LogP) is 4.07. The minimum atomic E-state index is 0.574. The molecule has 0 aliphatic heterocycles. The van der Waals surface area contributed by atoms with Crippen LogP contribution in [0.2, 0.25) is 0 Å². The van der Waals surface area contributed by atoms with E-state index in [1.54, 1.807) is 11.8 Å². The fourth-order valence-corrected chi connectivity index (χ4v) is 2.59. The number of hydrogen-bond donors (Lipinski definition) is 2. The van der Waals surface area contributed by atoms with E-state index in [4.69, 9.17) is 17.3 Å². The number of halogens is 1. The van der Waals surface area contributed by atoms with Crippen molar-refractivity contribution in [1.82, 2.24) is 0 Å². The molecule has 0 heterocycles. The van der Waals surface area contributed by atoms with Crippen LogP contribution in [0.15, 0.2) is 58.3 Å². The van der Waals surface area contributed by atoms with Gasteiger partial charge in [0.2, 0.25) is 0 Å². The lowest BCUT2D eigenvalue weighted by molar-refractivity contribution is 1.19. The average molecular weight is 279 g/mol. The Labute approximate surface area is 117 Å². The van der Waals surface area contributed by atoms with Crippen LogP contribution in [0.5, 0.6) is 0 Å². The third kappa shape index (κ3) is 3.59. The monoisotopic (exact) mass is 278 g/mol. The quantitative estimate of drug-likeness (QED) is 0.639. The molecule has 0 radical (unpaired) electrons. The van der Waals surface area contributed by atoms with Gasteiger partial charge in [-0.1, -0.05) is 30.0 Å². The van der Waals surface area contributed by atoms with Crippen LogP contribution in [-0.4, -0.2) is 12.4 Å². The molecule has 94 valence electrons. The Morgan fingerprint density at radius 2 is 1.89 bits per heavy atom. The van der Waals surface area contributed by atoms with E-state index in [1.807, 2.05) is 36.4 Å². The highest BCUT2D eigenvalue weighted by Gasteiger charge is 2.04. The summed E-state index contributed by atoms with van der Waals surface area (Å²) in [5, 5.41) is 3.29. The molecule has 0 unspecified atom stereocenters. The van der Waals surface area contributed by atoms with Crippen LogP contribution in [0.3, 0.4) is 0 Å². The largest absolute Gasteiger partial charge is 0.399 e. The smallest absolute Gasteiger partial charge is 0.0503 e. The van der Waals surface area contributed by atoms with E-state index in [-0.39, 0.29) is 0 Å². The molecule has 4 heteroatoms.